The summed E-state index contributed by atoms with van der Waals surface area (Å²) in [5.41, 5.74) is 11.5. The summed E-state index contributed by atoms with van der Waals surface area (Å²) < 4.78 is 5.41. The number of ether oxygens (including phenoxy) is 1. The van der Waals surface area contributed by atoms with E-state index >= 15 is 0 Å². The van der Waals surface area contributed by atoms with Gasteiger partial charge in [-0.1, -0.05) is 84.5 Å². The molecule has 4 rings (SSSR count). The van der Waals surface area contributed by atoms with Crippen molar-refractivity contribution in [3.8, 4) is 5.75 Å². The Morgan fingerprint density at radius 3 is 2.03 bits per heavy atom. The predicted molar refractivity (Wildman–Crippen MR) is 127 cm³/mol. The Kier molecular flexibility index (Phi) is 5.46. The van der Waals surface area contributed by atoms with E-state index < -0.39 is 0 Å². The van der Waals surface area contributed by atoms with Gasteiger partial charge in [0.25, 0.3) is 0 Å². The quantitative estimate of drug-likeness (QED) is 0.407. The Morgan fingerprint density at radius 2 is 1.43 bits per heavy atom. The summed E-state index contributed by atoms with van der Waals surface area (Å²) in [4.78, 5) is 0. The molecule has 0 radical (unpaired) electrons. The second kappa shape index (κ2) is 8.20. The Morgan fingerprint density at radius 1 is 0.800 bits per heavy atom. The van der Waals surface area contributed by atoms with Crippen LogP contribution in [0, 0.1) is 0 Å². The molecule has 0 aromatic heterocycles. The Labute approximate surface area is 180 Å². The van der Waals surface area contributed by atoms with Crippen LogP contribution >= 0.6 is 0 Å². The van der Waals surface area contributed by atoms with Gasteiger partial charge in [0.05, 0.1) is 7.11 Å². The molecule has 0 saturated heterocycles. The van der Waals surface area contributed by atoms with Crippen molar-refractivity contribution in [2.24, 2.45) is 0 Å². The van der Waals surface area contributed by atoms with Crippen LogP contribution < -0.4 is 4.74 Å². The summed E-state index contributed by atoms with van der Waals surface area (Å²) in [6.07, 6.45) is 0. The molecule has 0 saturated carbocycles. The van der Waals surface area contributed by atoms with E-state index in [9.17, 15) is 0 Å². The van der Waals surface area contributed by atoms with Crippen LogP contribution in [0.25, 0.3) is 5.57 Å². The second-order valence-electron chi connectivity index (χ2n) is 8.10. The maximum Gasteiger partial charge on any atom is 0.118 e. The molecule has 0 spiro atoms. The summed E-state index contributed by atoms with van der Waals surface area (Å²) in [7, 11) is 1.71. The van der Waals surface area contributed by atoms with E-state index in [1.165, 1.54) is 44.5 Å². The zero-order valence-electron chi connectivity index (χ0n) is 18.2. The largest absolute Gasteiger partial charge is 0.497 e. The standard InChI is InChI=1S/C29H28O/c1-19(2)26(20(3)4)29-27(21-11-7-6-8-12-21)24-13-9-10-14-25(24)28(29)22-15-17-23(30-5)18-16-22/h6-18,28H,1H2,2-5H3. The summed E-state index contributed by atoms with van der Waals surface area (Å²) in [5, 5.41) is 0. The van der Waals surface area contributed by atoms with Crippen molar-refractivity contribution in [3.63, 3.8) is 0 Å². The molecule has 1 aliphatic carbocycles. The Bertz CT molecular complexity index is 1140. The molecule has 1 atom stereocenters. The van der Waals surface area contributed by atoms with Crippen LogP contribution in [0.2, 0.25) is 0 Å². The van der Waals surface area contributed by atoms with Crippen molar-refractivity contribution >= 4 is 5.57 Å². The molecule has 0 fully saturated rings. The van der Waals surface area contributed by atoms with Crippen LogP contribution in [0.4, 0.5) is 0 Å². The molecule has 1 nitrogen and oxygen atoms in total. The molecule has 1 heteroatoms. The number of benzene rings is 3. The summed E-state index contributed by atoms with van der Waals surface area (Å²) in [6, 6.07) is 28.0. The van der Waals surface area contributed by atoms with Gasteiger partial charge >= 0.3 is 0 Å². The van der Waals surface area contributed by atoms with Crippen molar-refractivity contribution in [1.29, 1.82) is 0 Å². The highest BCUT2D eigenvalue weighted by molar-refractivity contribution is 5.93. The topological polar surface area (TPSA) is 9.23 Å². The van der Waals surface area contributed by atoms with Crippen LogP contribution in [-0.4, -0.2) is 7.11 Å². The van der Waals surface area contributed by atoms with Crippen LogP contribution in [-0.2, 0) is 0 Å². The lowest BCUT2D eigenvalue weighted by atomic mass is 9.81. The van der Waals surface area contributed by atoms with E-state index in [1.807, 2.05) is 0 Å². The van der Waals surface area contributed by atoms with Gasteiger partial charge in [0.2, 0.25) is 0 Å². The molecule has 150 valence electrons. The van der Waals surface area contributed by atoms with Crippen LogP contribution in [0.3, 0.4) is 0 Å². The van der Waals surface area contributed by atoms with Crippen LogP contribution in [0.5, 0.6) is 5.75 Å². The summed E-state index contributed by atoms with van der Waals surface area (Å²) >= 11 is 0. The SMILES string of the molecule is C=C(C)C(=C(C)C)C1=C(c2ccccc2)c2ccccc2C1c1ccc(OC)cc1. The first-order chi connectivity index (χ1) is 14.5. The average Bonchev–Trinajstić information content (AvgIpc) is 3.08. The van der Waals surface area contributed by atoms with Crippen molar-refractivity contribution in [2.75, 3.05) is 7.11 Å². The molecular formula is C29H28O. The van der Waals surface area contributed by atoms with Gasteiger partial charge < -0.3 is 4.74 Å². The molecule has 3 aromatic rings. The third-order valence-electron chi connectivity index (χ3n) is 5.81. The van der Waals surface area contributed by atoms with Crippen molar-refractivity contribution in [1.82, 2.24) is 0 Å². The van der Waals surface area contributed by atoms with Crippen molar-refractivity contribution < 1.29 is 4.74 Å². The normalized spacial score (nSPS) is 15.0. The van der Waals surface area contributed by atoms with E-state index in [4.69, 9.17) is 4.74 Å². The minimum absolute atomic E-state index is 0.156. The lowest BCUT2D eigenvalue weighted by Crippen LogP contribution is -2.06. The first-order valence-electron chi connectivity index (χ1n) is 10.4. The lowest BCUT2D eigenvalue weighted by Gasteiger charge is -2.23. The monoisotopic (exact) mass is 392 g/mol. The highest BCUT2D eigenvalue weighted by Crippen LogP contribution is 2.52. The first kappa shape index (κ1) is 20.0. The second-order valence-corrected chi connectivity index (χ2v) is 8.10. The molecule has 0 N–H and O–H groups in total. The first-order valence-corrected chi connectivity index (χ1v) is 10.4. The van der Waals surface area contributed by atoms with Gasteiger partial charge in [0, 0.05) is 5.92 Å². The van der Waals surface area contributed by atoms with Gasteiger partial charge in [-0.2, -0.15) is 0 Å². The molecule has 0 heterocycles. The fraction of sp³-hybridized carbons (Fsp3) is 0.172. The van der Waals surface area contributed by atoms with E-state index in [1.54, 1.807) is 7.11 Å². The molecule has 0 aliphatic heterocycles. The molecular weight excluding hydrogens is 364 g/mol. The average molecular weight is 393 g/mol. The molecule has 0 amide bonds. The van der Waals surface area contributed by atoms with Crippen molar-refractivity contribution in [3.05, 3.63) is 130 Å². The number of rotatable bonds is 5. The van der Waals surface area contributed by atoms with Gasteiger partial charge in [-0.25, -0.2) is 0 Å². The van der Waals surface area contributed by atoms with E-state index in [2.05, 4.69) is 106 Å². The highest BCUT2D eigenvalue weighted by atomic mass is 16.5. The third kappa shape index (κ3) is 3.41. The minimum atomic E-state index is 0.156. The summed E-state index contributed by atoms with van der Waals surface area (Å²) in [5.74, 6) is 1.03. The number of fused-ring (bicyclic) bond motifs is 1. The Balaban J connectivity index is 2.07. The lowest BCUT2D eigenvalue weighted by molar-refractivity contribution is 0.414. The predicted octanol–water partition coefficient (Wildman–Crippen LogP) is 7.56. The molecule has 0 bridgehead atoms. The minimum Gasteiger partial charge on any atom is -0.497 e. The maximum atomic E-state index is 5.41. The molecule has 3 aromatic carbocycles. The van der Waals surface area contributed by atoms with E-state index in [-0.39, 0.29) is 5.92 Å². The molecule has 1 aliphatic rings. The van der Waals surface area contributed by atoms with Crippen molar-refractivity contribution in [2.45, 2.75) is 26.7 Å². The molecule has 1 unspecified atom stereocenters. The Hall–Kier alpha value is -3.32. The maximum absolute atomic E-state index is 5.41. The van der Waals surface area contributed by atoms with Gasteiger partial charge in [-0.3, -0.25) is 0 Å². The smallest absolute Gasteiger partial charge is 0.118 e. The van der Waals surface area contributed by atoms with Gasteiger partial charge in [-0.05, 0) is 71.9 Å². The fourth-order valence-corrected chi connectivity index (χ4v) is 4.68. The van der Waals surface area contributed by atoms with Gasteiger partial charge in [0.1, 0.15) is 5.75 Å². The van der Waals surface area contributed by atoms with E-state index in [0.717, 1.165) is 11.3 Å². The third-order valence-corrected chi connectivity index (χ3v) is 5.81. The zero-order valence-corrected chi connectivity index (χ0v) is 18.2. The van der Waals surface area contributed by atoms with Gasteiger partial charge in [-0.15, -0.1) is 0 Å². The van der Waals surface area contributed by atoms with Gasteiger partial charge in [0.15, 0.2) is 0 Å². The summed E-state index contributed by atoms with van der Waals surface area (Å²) in [6.45, 7) is 10.8. The highest BCUT2D eigenvalue weighted by Gasteiger charge is 2.35. The van der Waals surface area contributed by atoms with Crippen LogP contribution in [0.1, 0.15) is 48.9 Å². The number of hydrogen-bond donors (Lipinski definition) is 0. The zero-order chi connectivity index (χ0) is 21.3. The number of methoxy groups -OCH3 is 1. The number of hydrogen-bond acceptors (Lipinski definition) is 1. The number of allylic oxidation sites excluding steroid dienone is 4. The van der Waals surface area contributed by atoms with E-state index in [0.29, 0.717) is 0 Å². The molecule has 30 heavy (non-hydrogen) atoms. The van der Waals surface area contributed by atoms with Crippen LogP contribution in [0.15, 0.2) is 108 Å². The fourth-order valence-electron chi connectivity index (χ4n) is 4.68.